The van der Waals surface area contributed by atoms with E-state index in [9.17, 15) is 14.4 Å². The van der Waals surface area contributed by atoms with Gasteiger partial charge in [-0.15, -0.1) is 0 Å². The van der Waals surface area contributed by atoms with Gasteiger partial charge in [-0.25, -0.2) is 0 Å². The second kappa shape index (κ2) is 4.26. The zero-order chi connectivity index (χ0) is 13.4. The summed E-state index contributed by atoms with van der Waals surface area (Å²) in [5.74, 6) is -2.42. The van der Waals surface area contributed by atoms with Gasteiger partial charge in [-0.2, -0.15) is 0 Å². The quantitative estimate of drug-likeness (QED) is 0.533. The topological polar surface area (TPSA) is 132 Å². The predicted octanol–water partition coefficient (Wildman–Crippen LogP) is -0.548. The Labute approximate surface area is 105 Å². The number of aliphatic carboxylic acids is 1. The number of nitrogen functional groups attached to an aromatic ring is 1. The van der Waals surface area contributed by atoms with Crippen molar-refractivity contribution in [3.63, 3.8) is 0 Å². The zero-order valence-corrected chi connectivity index (χ0v) is 9.91. The number of carboxylic acid groups (broad SMARTS) is 1. The number of carboxylic acids is 1. The Kier molecular flexibility index (Phi) is 2.91. The first-order valence-corrected chi connectivity index (χ1v) is 5.46. The van der Waals surface area contributed by atoms with Gasteiger partial charge in [0.15, 0.2) is 10.5 Å². The lowest BCUT2D eigenvalue weighted by atomic mass is 10.1. The molecule has 0 bridgehead atoms. The third kappa shape index (κ3) is 1.99. The molecule has 1 unspecified atom stereocenters. The highest BCUT2D eigenvalue weighted by Crippen LogP contribution is 2.25. The maximum atomic E-state index is 11.7. The number of anilines is 2. The molecule has 1 aliphatic heterocycles. The SMILES string of the molecule is Nc1[nH]c(=S)[nH]c(=O)c1N1CC(C(=O)O)CC1=O. The van der Waals surface area contributed by atoms with Crippen LogP contribution in [0.15, 0.2) is 4.79 Å². The first kappa shape index (κ1) is 12.3. The molecule has 2 rings (SSSR count). The summed E-state index contributed by atoms with van der Waals surface area (Å²) in [4.78, 5) is 40.1. The number of aromatic nitrogens is 2. The number of carbonyl (C=O) groups excluding carboxylic acids is 1. The molecule has 9 heteroatoms. The van der Waals surface area contributed by atoms with Gasteiger partial charge in [-0.3, -0.25) is 19.4 Å². The van der Waals surface area contributed by atoms with Crippen molar-refractivity contribution in [2.24, 2.45) is 5.92 Å². The molecule has 0 aromatic carbocycles. The van der Waals surface area contributed by atoms with Crippen LogP contribution in [0, 0.1) is 10.7 Å². The maximum absolute atomic E-state index is 11.7. The minimum Gasteiger partial charge on any atom is -0.481 e. The molecule has 0 radical (unpaired) electrons. The molecule has 5 N–H and O–H groups in total. The molecular formula is C9H10N4O4S. The molecule has 0 saturated carbocycles. The maximum Gasteiger partial charge on any atom is 0.308 e. The highest BCUT2D eigenvalue weighted by atomic mass is 32.1. The van der Waals surface area contributed by atoms with E-state index in [0.717, 1.165) is 4.90 Å². The molecule has 18 heavy (non-hydrogen) atoms. The number of nitrogens with zero attached hydrogens (tertiary/aromatic N) is 1. The summed E-state index contributed by atoms with van der Waals surface area (Å²) >= 11 is 4.73. The lowest BCUT2D eigenvalue weighted by molar-refractivity contribution is -0.141. The van der Waals surface area contributed by atoms with E-state index in [-0.39, 0.29) is 29.2 Å². The fraction of sp³-hybridized carbons (Fsp3) is 0.333. The van der Waals surface area contributed by atoms with Crippen LogP contribution in [-0.4, -0.2) is 33.5 Å². The summed E-state index contributed by atoms with van der Waals surface area (Å²) in [7, 11) is 0. The fourth-order valence-corrected chi connectivity index (χ4v) is 2.06. The van der Waals surface area contributed by atoms with E-state index in [1.807, 2.05) is 0 Å². The first-order valence-electron chi connectivity index (χ1n) is 5.05. The number of rotatable bonds is 2. The van der Waals surface area contributed by atoms with Crippen molar-refractivity contribution in [3.8, 4) is 0 Å². The number of hydrogen-bond donors (Lipinski definition) is 4. The van der Waals surface area contributed by atoms with E-state index in [2.05, 4.69) is 9.97 Å². The second-order valence-corrected chi connectivity index (χ2v) is 4.32. The highest BCUT2D eigenvalue weighted by Gasteiger charge is 2.37. The van der Waals surface area contributed by atoms with E-state index >= 15 is 0 Å². The van der Waals surface area contributed by atoms with Crippen LogP contribution in [0.3, 0.4) is 0 Å². The molecular weight excluding hydrogens is 260 g/mol. The van der Waals surface area contributed by atoms with Gasteiger partial charge in [0.25, 0.3) is 5.56 Å². The smallest absolute Gasteiger partial charge is 0.308 e. The molecule has 1 saturated heterocycles. The lowest BCUT2D eigenvalue weighted by Gasteiger charge is -2.16. The fourth-order valence-electron chi connectivity index (χ4n) is 1.85. The number of aromatic amines is 2. The summed E-state index contributed by atoms with van der Waals surface area (Å²) in [6.45, 7) is -0.0773. The Morgan fingerprint density at radius 1 is 1.44 bits per heavy atom. The molecule has 1 atom stereocenters. The number of carbonyl (C=O) groups is 2. The van der Waals surface area contributed by atoms with Crippen LogP contribution < -0.4 is 16.2 Å². The van der Waals surface area contributed by atoms with E-state index < -0.39 is 23.4 Å². The van der Waals surface area contributed by atoms with Crippen molar-refractivity contribution in [1.29, 1.82) is 0 Å². The van der Waals surface area contributed by atoms with Crippen LogP contribution in [0.4, 0.5) is 11.5 Å². The van der Waals surface area contributed by atoms with Gasteiger partial charge in [0.05, 0.1) is 5.92 Å². The normalized spacial score (nSPS) is 19.2. The molecule has 1 aromatic heterocycles. The number of amides is 1. The molecule has 1 aliphatic rings. The molecule has 96 valence electrons. The van der Waals surface area contributed by atoms with Gasteiger partial charge in [0.2, 0.25) is 5.91 Å². The van der Waals surface area contributed by atoms with Crippen LogP contribution in [-0.2, 0) is 9.59 Å². The molecule has 2 heterocycles. The van der Waals surface area contributed by atoms with Gasteiger partial charge in [-0.1, -0.05) is 0 Å². The largest absolute Gasteiger partial charge is 0.481 e. The van der Waals surface area contributed by atoms with Crippen molar-refractivity contribution in [2.45, 2.75) is 6.42 Å². The van der Waals surface area contributed by atoms with Crippen LogP contribution in [0.25, 0.3) is 0 Å². The number of nitrogens with two attached hydrogens (primary N) is 1. The van der Waals surface area contributed by atoms with E-state index in [4.69, 9.17) is 23.1 Å². The Morgan fingerprint density at radius 3 is 2.61 bits per heavy atom. The standard InChI is InChI=1S/C9H10N4O4S/c10-6-5(7(15)12-9(18)11-6)13-2-3(8(16)17)1-4(13)14/h3H,1-2H2,(H,16,17)(H4,10,11,12,15,18). The molecule has 1 aromatic rings. The van der Waals surface area contributed by atoms with Gasteiger partial charge in [-0.05, 0) is 12.2 Å². The summed E-state index contributed by atoms with van der Waals surface area (Å²) in [5, 5.41) is 8.86. The van der Waals surface area contributed by atoms with Gasteiger partial charge >= 0.3 is 5.97 Å². The Hall–Kier alpha value is -2.16. The molecule has 8 nitrogen and oxygen atoms in total. The average molecular weight is 270 g/mol. The summed E-state index contributed by atoms with van der Waals surface area (Å²) in [6, 6.07) is 0. The van der Waals surface area contributed by atoms with Crippen LogP contribution in [0.5, 0.6) is 0 Å². The lowest BCUT2D eigenvalue weighted by Crippen LogP contribution is -2.32. The first-order chi connectivity index (χ1) is 8.40. The number of H-pyrrole nitrogens is 2. The molecule has 1 fully saturated rings. The predicted molar refractivity (Wildman–Crippen MR) is 64.8 cm³/mol. The van der Waals surface area contributed by atoms with Gasteiger partial charge < -0.3 is 20.7 Å². The van der Waals surface area contributed by atoms with Gasteiger partial charge in [0, 0.05) is 13.0 Å². The highest BCUT2D eigenvalue weighted by molar-refractivity contribution is 7.71. The summed E-state index contributed by atoms with van der Waals surface area (Å²) < 4.78 is 0.0441. The second-order valence-electron chi connectivity index (χ2n) is 3.91. The van der Waals surface area contributed by atoms with Crippen LogP contribution in [0.2, 0.25) is 0 Å². The minimum absolute atomic E-state index is 0.0441. The van der Waals surface area contributed by atoms with E-state index in [1.165, 1.54) is 0 Å². The van der Waals surface area contributed by atoms with Gasteiger partial charge in [0.1, 0.15) is 5.82 Å². The third-order valence-corrected chi connectivity index (χ3v) is 2.89. The van der Waals surface area contributed by atoms with Crippen molar-refractivity contribution in [1.82, 2.24) is 9.97 Å². The third-order valence-electron chi connectivity index (χ3n) is 2.69. The van der Waals surface area contributed by atoms with Crippen molar-refractivity contribution >= 4 is 35.6 Å². The molecule has 0 aliphatic carbocycles. The Bertz CT molecular complexity index is 634. The number of hydrogen-bond acceptors (Lipinski definition) is 5. The van der Waals surface area contributed by atoms with Crippen LogP contribution in [0.1, 0.15) is 6.42 Å². The minimum atomic E-state index is -1.08. The zero-order valence-electron chi connectivity index (χ0n) is 9.10. The molecule has 1 amide bonds. The Morgan fingerprint density at radius 2 is 2.11 bits per heavy atom. The van der Waals surface area contributed by atoms with E-state index in [0.29, 0.717) is 0 Å². The summed E-state index contributed by atoms with van der Waals surface area (Å²) in [5.41, 5.74) is 4.90. The molecule has 0 spiro atoms. The Balaban J connectivity index is 2.45. The van der Waals surface area contributed by atoms with Crippen molar-refractivity contribution < 1.29 is 14.7 Å². The monoisotopic (exact) mass is 270 g/mol. The van der Waals surface area contributed by atoms with E-state index in [1.54, 1.807) is 0 Å². The average Bonchev–Trinajstić information content (AvgIpc) is 2.59. The summed E-state index contributed by atoms with van der Waals surface area (Å²) in [6.07, 6.45) is -0.149. The van der Waals surface area contributed by atoms with Crippen LogP contribution >= 0.6 is 12.2 Å². The van der Waals surface area contributed by atoms with Crippen molar-refractivity contribution in [2.75, 3.05) is 17.2 Å². The van der Waals surface area contributed by atoms with Crippen molar-refractivity contribution in [3.05, 3.63) is 15.1 Å². The number of nitrogens with one attached hydrogen (secondary N) is 2.